The molecule has 3 N–H and O–H groups in total. The predicted molar refractivity (Wildman–Crippen MR) is 132 cm³/mol. The first-order chi connectivity index (χ1) is 16.3. The molecule has 6 nitrogen and oxygen atoms in total. The summed E-state index contributed by atoms with van der Waals surface area (Å²) >= 11 is 8.76. The number of hydrogen-bond acceptors (Lipinski definition) is 8. The van der Waals surface area contributed by atoms with Gasteiger partial charge in [0, 0.05) is 29.6 Å². The Bertz CT molecular complexity index is 1090. The lowest BCUT2D eigenvalue weighted by Gasteiger charge is -2.23. The summed E-state index contributed by atoms with van der Waals surface area (Å²) in [5, 5.41) is 5.08. The van der Waals surface area contributed by atoms with Gasteiger partial charge < -0.3 is 20.5 Å². The highest BCUT2D eigenvalue weighted by Gasteiger charge is 2.28. The maximum Gasteiger partial charge on any atom is 0.266 e. The van der Waals surface area contributed by atoms with Gasteiger partial charge in [-0.05, 0) is 42.8 Å². The number of ether oxygens (including phenoxy) is 2. The maximum atomic E-state index is 15.0. The molecule has 3 aromatic rings. The Morgan fingerprint density at radius 3 is 2.68 bits per heavy atom. The summed E-state index contributed by atoms with van der Waals surface area (Å²) in [6.45, 7) is -0.510. The third-order valence-electron chi connectivity index (χ3n) is 4.72. The first-order valence-electron chi connectivity index (χ1n) is 10.1. The van der Waals surface area contributed by atoms with Crippen LogP contribution < -0.4 is 24.8 Å². The summed E-state index contributed by atoms with van der Waals surface area (Å²) in [4.78, 5) is 4.55. The van der Waals surface area contributed by atoms with Crippen LogP contribution in [0.2, 0.25) is 5.02 Å². The first kappa shape index (κ1) is 26.3. The van der Waals surface area contributed by atoms with E-state index in [0.29, 0.717) is 23.2 Å². The van der Waals surface area contributed by atoms with E-state index in [9.17, 15) is 13.2 Å². The lowest BCUT2D eigenvalue weighted by molar-refractivity contribution is 0.00915. The van der Waals surface area contributed by atoms with Gasteiger partial charge in [-0.1, -0.05) is 11.6 Å². The van der Waals surface area contributed by atoms with E-state index in [2.05, 4.69) is 10.3 Å². The van der Waals surface area contributed by atoms with Crippen molar-refractivity contribution in [2.45, 2.75) is 23.8 Å². The van der Waals surface area contributed by atoms with Gasteiger partial charge >= 0.3 is 0 Å². The van der Waals surface area contributed by atoms with Gasteiger partial charge in [-0.3, -0.25) is 4.31 Å². The zero-order valence-electron chi connectivity index (χ0n) is 18.5. The summed E-state index contributed by atoms with van der Waals surface area (Å²) in [7, 11) is 3.12. The van der Waals surface area contributed by atoms with E-state index in [0.717, 1.165) is 23.6 Å². The van der Waals surface area contributed by atoms with Crippen LogP contribution in [-0.2, 0) is 6.54 Å². The highest BCUT2D eigenvalue weighted by molar-refractivity contribution is 8.00. The van der Waals surface area contributed by atoms with Crippen LogP contribution in [0, 0.1) is 5.82 Å². The second kappa shape index (κ2) is 11.9. The Labute approximate surface area is 209 Å². The molecule has 0 bridgehead atoms. The largest absolute Gasteiger partial charge is 0.497 e. The third kappa shape index (κ3) is 6.84. The first-order valence-corrected chi connectivity index (χ1v) is 12.2. The third-order valence-corrected chi connectivity index (χ3v) is 6.97. The Hall–Kier alpha value is -2.34. The highest BCUT2D eigenvalue weighted by Crippen LogP contribution is 2.38. The molecule has 0 aliphatic heterocycles. The number of methoxy groups -OCH3 is 2. The molecule has 0 saturated heterocycles. The summed E-state index contributed by atoms with van der Waals surface area (Å²) in [6, 6.07) is 7.93. The monoisotopic (exact) mass is 532 g/mol. The molecule has 184 valence electrons. The number of halogens is 4. The van der Waals surface area contributed by atoms with Gasteiger partial charge in [0.2, 0.25) is 0 Å². The van der Waals surface area contributed by atoms with E-state index in [1.54, 1.807) is 36.9 Å². The minimum atomic E-state index is -3.03. The number of thiazole rings is 1. The summed E-state index contributed by atoms with van der Waals surface area (Å²) < 4.78 is 55.0. The molecule has 0 spiro atoms. The fraction of sp³-hybridized carbons (Fsp3) is 0.318. The number of alkyl halides is 2. The average Bonchev–Trinajstić information content (AvgIpc) is 3.35. The topological polar surface area (TPSA) is 72.6 Å². The number of benzene rings is 2. The molecule has 0 unspecified atom stereocenters. The van der Waals surface area contributed by atoms with Crippen LogP contribution in [0.5, 0.6) is 11.5 Å². The molecule has 1 aromatic heterocycles. The molecule has 3 rings (SSSR count). The Morgan fingerprint density at radius 2 is 2.03 bits per heavy atom. The number of nitrogens with two attached hydrogens (primary N) is 1. The number of hydrogen-bond donors (Lipinski definition) is 2. The van der Waals surface area contributed by atoms with Gasteiger partial charge in [0.25, 0.3) is 5.92 Å². The number of nitrogens with zero attached hydrogens (tertiary/aromatic N) is 2. The molecule has 34 heavy (non-hydrogen) atoms. The van der Waals surface area contributed by atoms with Crippen molar-refractivity contribution >= 4 is 45.7 Å². The minimum absolute atomic E-state index is 0.0813. The van der Waals surface area contributed by atoms with Crippen molar-refractivity contribution in [3.8, 4) is 11.5 Å². The van der Waals surface area contributed by atoms with Crippen molar-refractivity contribution in [1.82, 2.24) is 4.98 Å². The molecule has 0 aliphatic carbocycles. The molecule has 0 radical (unpaired) electrons. The van der Waals surface area contributed by atoms with Crippen LogP contribution in [0.15, 0.2) is 46.8 Å². The van der Waals surface area contributed by atoms with Crippen LogP contribution in [-0.4, -0.2) is 38.2 Å². The standard InChI is InChI=1S/C22H24ClF3N4O2S2/c1-31-15-4-3-14(19(9-15)32-2)12-30(21-28-7-8-33-21)34-20-10-16(23)18(11-17(20)24)29-13-22(25,26)5-6-27/h3-4,7-11,29H,5-6,12-13,27H2,1-2H3. The van der Waals surface area contributed by atoms with Crippen LogP contribution >= 0.6 is 34.9 Å². The number of nitrogens with one attached hydrogen (secondary N) is 1. The molecule has 0 atom stereocenters. The summed E-state index contributed by atoms with van der Waals surface area (Å²) in [5.41, 5.74) is 6.12. The molecular weight excluding hydrogens is 509 g/mol. The molecular formula is C22H24ClF3N4O2S2. The lowest BCUT2D eigenvalue weighted by atomic mass is 10.2. The quantitative estimate of drug-likeness (QED) is 0.275. The Balaban J connectivity index is 1.83. The molecule has 1 heterocycles. The fourth-order valence-corrected chi connectivity index (χ4v) is 4.96. The Kier molecular flexibility index (Phi) is 9.17. The van der Waals surface area contributed by atoms with Crippen molar-refractivity contribution < 1.29 is 22.6 Å². The van der Waals surface area contributed by atoms with E-state index in [4.69, 9.17) is 26.8 Å². The lowest BCUT2D eigenvalue weighted by Crippen LogP contribution is -2.30. The predicted octanol–water partition coefficient (Wildman–Crippen LogP) is 6.06. The van der Waals surface area contributed by atoms with Gasteiger partial charge in [-0.2, -0.15) is 0 Å². The average molecular weight is 533 g/mol. The SMILES string of the molecule is COc1ccc(CN(Sc2cc(Cl)c(NCC(F)(F)CCN)cc2F)c2nccs2)c(OC)c1. The van der Waals surface area contributed by atoms with Gasteiger partial charge in [-0.25, -0.2) is 18.2 Å². The van der Waals surface area contributed by atoms with Crippen LogP contribution in [0.25, 0.3) is 0 Å². The fourth-order valence-electron chi connectivity index (χ4n) is 2.99. The van der Waals surface area contributed by atoms with Crippen LogP contribution in [0.4, 0.5) is 24.0 Å². The molecule has 2 aromatic carbocycles. The second-order valence-corrected chi connectivity index (χ2v) is 9.47. The van der Waals surface area contributed by atoms with Gasteiger partial charge in [-0.15, -0.1) is 11.3 Å². The van der Waals surface area contributed by atoms with Crippen molar-refractivity contribution in [2.75, 3.05) is 36.9 Å². The maximum absolute atomic E-state index is 15.0. The van der Waals surface area contributed by atoms with Crippen molar-refractivity contribution in [2.24, 2.45) is 5.73 Å². The van der Waals surface area contributed by atoms with Crippen LogP contribution in [0.3, 0.4) is 0 Å². The van der Waals surface area contributed by atoms with Crippen molar-refractivity contribution in [3.05, 3.63) is 58.3 Å². The van der Waals surface area contributed by atoms with E-state index < -0.39 is 24.7 Å². The van der Waals surface area contributed by atoms with E-state index in [-0.39, 0.29) is 22.2 Å². The number of anilines is 2. The van der Waals surface area contributed by atoms with Crippen LogP contribution in [0.1, 0.15) is 12.0 Å². The smallest absolute Gasteiger partial charge is 0.266 e. The number of rotatable bonds is 12. The second-order valence-electron chi connectivity index (χ2n) is 7.13. The van der Waals surface area contributed by atoms with Crippen molar-refractivity contribution in [1.29, 1.82) is 0 Å². The molecule has 0 fully saturated rings. The van der Waals surface area contributed by atoms with E-state index in [1.165, 1.54) is 17.4 Å². The van der Waals surface area contributed by atoms with Gasteiger partial charge in [0.1, 0.15) is 17.3 Å². The molecule has 12 heteroatoms. The minimum Gasteiger partial charge on any atom is -0.497 e. The summed E-state index contributed by atoms with van der Waals surface area (Å²) in [5.74, 6) is -2.38. The van der Waals surface area contributed by atoms with E-state index in [1.807, 2.05) is 11.4 Å². The molecule has 0 aliphatic rings. The number of aromatic nitrogens is 1. The normalized spacial score (nSPS) is 11.4. The highest BCUT2D eigenvalue weighted by atomic mass is 35.5. The summed E-state index contributed by atoms with van der Waals surface area (Å²) in [6.07, 6.45) is 1.17. The van der Waals surface area contributed by atoms with Gasteiger partial charge in [0.15, 0.2) is 5.13 Å². The zero-order chi connectivity index (χ0) is 24.7. The van der Waals surface area contributed by atoms with E-state index >= 15 is 0 Å². The molecule has 0 saturated carbocycles. The van der Waals surface area contributed by atoms with Gasteiger partial charge in [0.05, 0.1) is 42.9 Å². The zero-order valence-corrected chi connectivity index (χ0v) is 20.9. The van der Waals surface area contributed by atoms with Crippen molar-refractivity contribution in [3.63, 3.8) is 0 Å². The molecule has 0 amide bonds. The Morgan fingerprint density at radius 1 is 1.24 bits per heavy atom.